The molecule has 0 aliphatic heterocycles. The van der Waals surface area contributed by atoms with Crippen LogP contribution < -0.4 is 10.4 Å². The highest BCUT2D eigenvalue weighted by molar-refractivity contribution is 6.25. The lowest BCUT2D eigenvalue weighted by molar-refractivity contribution is 0.645. The van der Waals surface area contributed by atoms with Crippen LogP contribution in [0.15, 0.2) is 103 Å². The number of benzene rings is 6. The summed E-state index contributed by atoms with van der Waals surface area (Å²) in [7, 11) is 0. The van der Waals surface area contributed by atoms with Crippen LogP contribution in [0.4, 0.5) is 0 Å². The first-order chi connectivity index (χ1) is 20.0. The molecule has 0 fully saturated rings. The van der Waals surface area contributed by atoms with Crippen molar-refractivity contribution < 1.29 is 0 Å². The van der Waals surface area contributed by atoms with Gasteiger partial charge < -0.3 is 4.57 Å². The van der Waals surface area contributed by atoms with Gasteiger partial charge in [0, 0.05) is 27.4 Å². The van der Waals surface area contributed by atoms with Crippen molar-refractivity contribution in [2.45, 2.75) is 32.6 Å². The second-order valence-corrected chi connectivity index (χ2v) is 12.6. The summed E-state index contributed by atoms with van der Waals surface area (Å²) in [6.45, 7) is 7.10. The Morgan fingerprint density at radius 1 is 0.659 bits per heavy atom. The highest BCUT2D eigenvalue weighted by Gasteiger charge is 2.35. The molecule has 0 N–H and O–H groups in total. The summed E-state index contributed by atoms with van der Waals surface area (Å²) in [5.74, 6) is 0.557. The molecule has 1 atom stereocenters. The lowest BCUT2D eigenvalue weighted by Gasteiger charge is -2.35. The van der Waals surface area contributed by atoms with E-state index in [1.165, 1.54) is 81.7 Å². The van der Waals surface area contributed by atoms with Gasteiger partial charge >= 0.3 is 0 Å². The first-order valence-corrected chi connectivity index (χ1v) is 14.9. The topological polar surface area (TPSA) is 4.93 Å². The van der Waals surface area contributed by atoms with Gasteiger partial charge in [-0.25, -0.2) is 0 Å². The lowest BCUT2D eigenvalue weighted by Crippen LogP contribution is -2.29. The fourth-order valence-corrected chi connectivity index (χ4v) is 7.89. The molecule has 0 saturated heterocycles. The van der Waals surface area contributed by atoms with Crippen molar-refractivity contribution in [1.82, 2.24) is 4.57 Å². The van der Waals surface area contributed by atoms with Gasteiger partial charge in [-0.1, -0.05) is 112 Å². The highest BCUT2D eigenvalue weighted by Crippen LogP contribution is 2.52. The molecule has 9 rings (SSSR count). The van der Waals surface area contributed by atoms with E-state index in [0.717, 1.165) is 6.42 Å². The SMILES string of the molecule is CC1C=c2ccc3c(c2=CC1)c1c2c4c(cccc4cc1n3-c1ccc3ccccc3c1)C(C)(C)c1ccccc1-2. The third kappa shape index (κ3) is 3.01. The van der Waals surface area contributed by atoms with E-state index in [9.17, 15) is 0 Å². The standard InChI is InChI=1S/C40H31N/c1-24-15-19-30-27(21-24)17-20-34-37(30)39-35(41(34)29-18-16-25-9-4-5-10-26(25)22-29)23-28-11-8-14-33-36(28)38(39)31-12-6-7-13-32(31)40(33,2)3/h4-14,16-24H,15H2,1-3H3. The van der Waals surface area contributed by atoms with Crippen molar-refractivity contribution in [1.29, 1.82) is 0 Å². The van der Waals surface area contributed by atoms with Crippen LogP contribution >= 0.6 is 0 Å². The summed E-state index contributed by atoms with van der Waals surface area (Å²) in [5, 5.41) is 10.8. The van der Waals surface area contributed by atoms with Crippen LogP contribution in [0.5, 0.6) is 0 Å². The average Bonchev–Trinajstić information content (AvgIpc) is 3.33. The van der Waals surface area contributed by atoms with Crippen LogP contribution in [0.25, 0.3) is 72.3 Å². The van der Waals surface area contributed by atoms with E-state index in [2.05, 4.69) is 141 Å². The van der Waals surface area contributed by atoms with Crippen LogP contribution in [-0.4, -0.2) is 4.57 Å². The molecule has 196 valence electrons. The molecule has 0 spiro atoms. The van der Waals surface area contributed by atoms with Gasteiger partial charge in [0.1, 0.15) is 0 Å². The Hall–Kier alpha value is -4.62. The molecule has 41 heavy (non-hydrogen) atoms. The number of hydrogen-bond acceptors (Lipinski definition) is 0. The minimum Gasteiger partial charge on any atom is -0.309 e. The van der Waals surface area contributed by atoms with Crippen LogP contribution in [-0.2, 0) is 5.41 Å². The first-order valence-electron chi connectivity index (χ1n) is 14.9. The maximum Gasteiger partial charge on any atom is 0.0553 e. The fourth-order valence-electron chi connectivity index (χ4n) is 7.89. The molecule has 1 nitrogen and oxygen atoms in total. The van der Waals surface area contributed by atoms with E-state index in [4.69, 9.17) is 0 Å². The van der Waals surface area contributed by atoms with Crippen molar-refractivity contribution in [3.05, 3.63) is 125 Å². The first kappa shape index (κ1) is 23.1. The second-order valence-electron chi connectivity index (χ2n) is 12.6. The van der Waals surface area contributed by atoms with Crippen LogP contribution in [0.2, 0.25) is 0 Å². The van der Waals surface area contributed by atoms with Gasteiger partial charge in [-0.15, -0.1) is 0 Å². The third-order valence-corrected chi connectivity index (χ3v) is 9.83. The molecule has 2 aliphatic carbocycles. The van der Waals surface area contributed by atoms with Gasteiger partial charge in [0.25, 0.3) is 0 Å². The highest BCUT2D eigenvalue weighted by atomic mass is 15.0. The molecule has 1 unspecified atom stereocenters. The monoisotopic (exact) mass is 525 g/mol. The maximum atomic E-state index is 2.52. The van der Waals surface area contributed by atoms with Crippen LogP contribution in [0, 0.1) is 5.92 Å². The molecule has 0 saturated carbocycles. The molecular formula is C40H31N. The van der Waals surface area contributed by atoms with Crippen molar-refractivity contribution in [3.8, 4) is 16.8 Å². The molecule has 1 heterocycles. The van der Waals surface area contributed by atoms with E-state index >= 15 is 0 Å². The molecule has 0 bridgehead atoms. The molecule has 0 amide bonds. The van der Waals surface area contributed by atoms with E-state index in [1.807, 2.05) is 0 Å². The van der Waals surface area contributed by atoms with E-state index in [1.54, 1.807) is 0 Å². The molecular weight excluding hydrogens is 494 g/mol. The Bertz CT molecular complexity index is 2380. The minimum absolute atomic E-state index is 0.0672. The van der Waals surface area contributed by atoms with Gasteiger partial charge in [0.2, 0.25) is 0 Å². The van der Waals surface area contributed by atoms with Gasteiger partial charge in [-0.3, -0.25) is 0 Å². The second kappa shape index (κ2) is 7.98. The summed E-state index contributed by atoms with van der Waals surface area (Å²) < 4.78 is 2.52. The third-order valence-electron chi connectivity index (χ3n) is 9.83. The van der Waals surface area contributed by atoms with E-state index in [0.29, 0.717) is 5.92 Å². The molecule has 0 radical (unpaired) electrons. The van der Waals surface area contributed by atoms with E-state index in [-0.39, 0.29) is 5.41 Å². The summed E-state index contributed by atoms with van der Waals surface area (Å²) in [6.07, 6.45) is 6.03. The lowest BCUT2D eigenvalue weighted by atomic mass is 9.68. The Morgan fingerprint density at radius 3 is 2.34 bits per heavy atom. The van der Waals surface area contributed by atoms with Crippen molar-refractivity contribution in [2.24, 2.45) is 5.92 Å². The van der Waals surface area contributed by atoms with Gasteiger partial charge in [-0.05, 0) is 85.3 Å². The van der Waals surface area contributed by atoms with Crippen molar-refractivity contribution in [3.63, 3.8) is 0 Å². The minimum atomic E-state index is -0.0672. The van der Waals surface area contributed by atoms with Gasteiger partial charge in [0.15, 0.2) is 0 Å². The summed E-state index contributed by atoms with van der Waals surface area (Å²) >= 11 is 0. The summed E-state index contributed by atoms with van der Waals surface area (Å²) in [6, 6.07) is 38.8. The Labute approximate surface area is 239 Å². The number of nitrogens with zero attached hydrogens (tertiary/aromatic N) is 1. The zero-order valence-electron chi connectivity index (χ0n) is 23.7. The van der Waals surface area contributed by atoms with Gasteiger partial charge in [0.05, 0.1) is 11.0 Å². The van der Waals surface area contributed by atoms with Gasteiger partial charge in [-0.2, -0.15) is 0 Å². The summed E-state index contributed by atoms with van der Waals surface area (Å²) in [5.41, 5.74) is 9.31. The molecule has 6 aromatic carbocycles. The van der Waals surface area contributed by atoms with Crippen LogP contribution in [0.3, 0.4) is 0 Å². The number of rotatable bonds is 1. The summed E-state index contributed by atoms with van der Waals surface area (Å²) in [4.78, 5) is 0. The van der Waals surface area contributed by atoms with Crippen LogP contribution in [0.1, 0.15) is 38.3 Å². The zero-order valence-corrected chi connectivity index (χ0v) is 23.7. The normalized spacial score (nSPS) is 16.9. The molecule has 2 aliphatic rings. The number of aromatic nitrogens is 1. The van der Waals surface area contributed by atoms with Crippen molar-refractivity contribution in [2.75, 3.05) is 0 Å². The number of hydrogen-bond donors (Lipinski definition) is 0. The predicted molar refractivity (Wildman–Crippen MR) is 175 cm³/mol. The largest absolute Gasteiger partial charge is 0.309 e. The fraction of sp³-hybridized carbons (Fsp3) is 0.150. The Kier molecular flexibility index (Phi) is 4.50. The zero-order chi connectivity index (χ0) is 27.5. The molecule has 7 aromatic rings. The Balaban J connectivity index is 1.57. The van der Waals surface area contributed by atoms with Crippen molar-refractivity contribution >= 4 is 55.5 Å². The quantitative estimate of drug-likeness (QED) is 0.202. The maximum absolute atomic E-state index is 2.52. The molecule has 1 heteroatoms. The number of fused-ring (bicyclic) bond motifs is 9. The smallest absolute Gasteiger partial charge is 0.0553 e. The molecule has 1 aromatic heterocycles. The Morgan fingerprint density at radius 2 is 1.44 bits per heavy atom. The predicted octanol–water partition coefficient (Wildman–Crippen LogP) is 9.00. The van der Waals surface area contributed by atoms with E-state index < -0.39 is 0 Å². The average molecular weight is 526 g/mol.